The molecule has 0 fully saturated rings. The topological polar surface area (TPSA) is 67.2 Å². The molecule has 116 valence electrons. The predicted molar refractivity (Wildman–Crippen MR) is 89.8 cm³/mol. The maximum absolute atomic E-state index is 12.0. The van der Waals surface area contributed by atoms with Crippen LogP contribution in [0.1, 0.15) is 19.4 Å². The number of fused-ring (bicyclic) bond motifs is 2. The average Bonchev–Trinajstić information content (AvgIpc) is 2.90. The van der Waals surface area contributed by atoms with Gasteiger partial charge in [-0.05, 0) is 42.3 Å². The lowest BCUT2D eigenvalue weighted by Gasteiger charge is -2.30. The van der Waals surface area contributed by atoms with Crippen molar-refractivity contribution in [1.29, 1.82) is 0 Å². The summed E-state index contributed by atoms with van der Waals surface area (Å²) in [4.78, 5) is 16.4. The minimum absolute atomic E-state index is 0.0599. The number of rotatable bonds is 2. The first kappa shape index (κ1) is 13.8. The molecule has 0 aliphatic carbocycles. The van der Waals surface area contributed by atoms with Crippen LogP contribution in [0.15, 0.2) is 46.9 Å². The molecule has 1 aliphatic rings. The number of hydrogen-bond acceptors (Lipinski definition) is 4. The summed E-state index contributed by atoms with van der Waals surface area (Å²) in [7, 11) is 0. The second kappa shape index (κ2) is 4.84. The molecule has 2 N–H and O–H groups in total. The van der Waals surface area contributed by atoms with Crippen LogP contribution in [0, 0.1) is 5.41 Å². The molecular weight excluding hydrogens is 290 g/mol. The predicted octanol–water partition coefficient (Wildman–Crippen LogP) is 4.09. The Bertz CT molecular complexity index is 879. The first-order valence-electron chi connectivity index (χ1n) is 7.58. The number of amides is 1. The van der Waals surface area contributed by atoms with Crippen LogP contribution < -0.4 is 10.6 Å². The molecule has 0 unspecified atom stereocenters. The zero-order chi connectivity index (χ0) is 16.0. The number of carbonyl (C=O) groups is 1. The zero-order valence-electron chi connectivity index (χ0n) is 13.0. The summed E-state index contributed by atoms with van der Waals surface area (Å²) in [6, 6.07) is 14.0. The molecular formula is C18H17N3O2. The van der Waals surface area contributed by atoms with Crippen molar-refractivity contribution in [3.8, 4) is 0 Å². The summed E-state index contributed by atoms with van der Waals surface area (Å²) in [5, 5.41) is 6.15. The number of para-hydroxylation sites is 2. The second-order valence-electron chi connectivity index (χ2n) is 6.50. The van der Waals surface area contributed by atoms with Crippen LogP contribution in [0.4, 0.5) is 17.4 Å². The fourth-order valence-corrected chi connectivity index (χ4v) is 2.84. The van der Waals surface area contributed by atoms with Crippen LogP contribution in [0.5, 0.6) is 0 Å². The molecule has 2 aromatic carbocycles. The third-order valence-electron chi connectivity index (χ3n) is 4.15. The van der Waals surface area contributed by atoms with Gasteiger partial charge in [0.1, 0.15) is 5.52 Å². The molecule has 0 atom stereocenters. The van der Waals surface area contributed by atoms with Gasteiger partial charge in [0.25, 0.3) is 6.01 Å². The van der Waals surface area contributed by atoms with Gasteiger partial charge in [0, 0.05) is 16.8 Å². The summed E-state index contributed by atoms with van der Waals surface area (Å²) < 4.78 is 5.68. The van der Waals surface area contributed by atoms with Crippen LogP contribution in [-0.4, -0.2) is 10.9 Å². The van der Waals surface area contributed by atoms with E-state index < -0.39 is 5.41 Å². The first-order chi connectivity index (χ1) is 11.0. The number of hydrogen-bond donors (Lipinski definition) is 2. The van der Waals surface area contributed by atoms with Gasteiger partial charge in [0.15, 0.2) is 5.58 Å². The number of nitrogens with one attached hydrogen (secondary N) is 2. The Kier molecular flexibility index (Phi) is 2.91. The van der Waals surface area contributed by atoms with E-state index in [1.165, 1.54) is 0 Å². The quantitative estimate of drug-likeness (QED) is 0.748. The number of anilines is 3. The summed E-state index contributed by atoms with van der Waals surface area (Å²) >= 11 is 0. The second-order valence-corrected chi connectivity index (χ2v) is 6.50. The van der Waals surface area contributed by atoms with Crippen molar-refractivity contribution in [3.63, 3.8) is 0 Å². The lowest BCUT2D eigenvalue weighted by atomic mass is 9.81. The molecule has 0 spiro atoms. The maximum atomic E-state index is 12.0. The minimum atomic E-state index is -0.400. The van der Waals surface area contributed by atoms with E-state index in [0.717, 1.165) is 28.0 Å². The molecule has 3 aromatic rings. The molecule has 5 heteroatoms. The van der Waals surface area contributed by atoms with E-state index in [1.54, 1.807) is 0 Å². The molecule has 2 heterocycles. The highest BCUT2D eigenvalue weighted by molar-refractivity contribution is 5.98. The van der Waals surface area contributed by atoms with Crippen molar-refractivity contribution in [1.82, 2.24) is 4.98 Å². The molecule has 23 heavy (non-hydrogen) atoms. The average molecular weight is 307 g/mol. The standard InChI is InChI=1S/C18H17N3O2/c1-18(2)10-11-9-12(7-8-13(11)20-16(18)22)19-17-21-14-5-3-4-6-15(14)23-17/h3-9H,10H2,1-2H3,(H,19,21)(H,20,22). The van der Waals surface area contributed by atoms with Gasteiger partial charge in [-0.25, -0.2) is 0 Å². The molecule has 0 saturated carbocycles. The lowest BCUT2D eigenvalue weighted by Crippen LogP contribution is -2.37. The van der Waals surface area contributed by atoms with Crippen LogP contribution in [0.3, 0.4) is 0 Å². The van der Waals surface area contributed by atoms with Gasteiger partial charge in [-0.15, -0.1) is 0 Å². The number of aromatic nitrogens is 1. The summed E-state index contributed by atoms with van der Waals surface area (Å²) in [5.74, 6) is 0.0599. The van der Waals surface area contributed by atoms with Crippen molar-refractivity contribution >= 4 is 34.4 Å². The monoisotopic (exact) mass is 307 g/mol. The molecule has 0 bridgehead atoms. The Morgan fingerprint density at radius 1 is 1.22 bits per heavy atom. The van der Waals surface area contributed by atoms with Crippen LogP contribution in [0.25, 0.3) is 11.1 Å². The van der Waals surface area contributed by atoms with E-state index in [0.29, 0.717) is 12.4 Å². The summed E-state index contributed by atoms with van der Waals surface area (Å²) in [6.45, 7) is 3.90. The fraction of sp³-hybridized carbons (Fsp3) is 0.222. The Morgan fingerprint density at radius 3 is 2.87 bits per heavy atom. The number of carbonyl (C=O) groups excluding carboxylic acids is 1. The van der Waals surface area contributed by atoms with Crippen LogP contribution in [-0.2, 0) is 11.2 Å². The van der Waals surface area contributed by atoms with Crippen LogP contribution in [0.2, 0.25) is 0 Å². The highest BCUT2D eigenvalue weighted by Gasteiger charge is 2.33. The van der Waals surface area contributed by atoms with Crippen molar-refractivity contribution in [2.45, 2.75) is 20.3 Å². The molecule has 1 amide bonds. The van der Waals surface area contributed by atoms with Gasteiger partial charge < -0.3 is 15.1 Å². The van der Waals surface area contributed by atoms with E-state index in [1.807, 2.05) is 56.3 Å². The van der Waals surface area contributed by atoms with E-state index in [2.05, 4.69) is 15.6 Å². The minimum Gasteiger partial charge on any atom is -0.423 e. The Balaban J connectivity index is 1.64. The molecule has 0 saturated heterocycles. The fourth-order valence-electron chi connectivity index (χ4n) is 2.84. The Labute approximate surface area is 133 Å². The highest BCUT2D eigenvalue weighted by Crippen LogP contribution is 2.35. The SMILES string of the molecule is CC1(C)Cc2cc(Nc3nc4ccccc4o3)ccc2NC1=O. The van der Waals surface area contributed by atoms with Gasteiger partial charge in [-0.2, -0.15) is 4.98 Å². The van der Waals surface area contributed by atoms with Gasteiger partial charge in [-0.3, -0.25) is 4.79 Å². The molecule has 4 rings (SSSR count). The third-order valence-corrected chi connectivity index (χ3v) is 4.15. The van der Waals surface area contributed by atoms with E-state index >= 15 is 0 Å². The van der Waals surface area contributed by atoms with E-state index in [9.17, 15) is 4.79 Å². The molecule has 5 nitrogen and oxygen atoms in total. The maximum Gasteiger partial charge on any atom is 0.300 e. The molecule has 1 aromatic heterocycles. The third kappa shape index (κ3) is 2.44. The summed E-state index contributed by atoms with van der Waals surface area (Å²) in [5.41, 5.74) is 4.04. The van der Waals surface area contributed by atoms with Gasteiger partial charge in [0.05, 0.1) is 0 Å². The van der Waals surface area contributed by atoms with Crippen LogP contribution >= 0.6 is 0 Å². The van der Waals surface area contributed by atoms with Crippen molar-refractivity contribution in [3.05, 3.63) is 48.0 Å². The summed E-state index contributed by atoms with van der Waals surface area (Å²) in [6.07, 6.45) is 0.706. The smallest absolute Gasteiger partial charge is 0.300 e. The largest absolute Gasteiger partial charge is 0.423 e. The van der Waals surface area contributed by atoms with Gasteiger partial charge in [-0.1, -0.05) is 26.0 Å². The Hall–Kier alpha value is -2.82. The normalized spacial score (nSPS) is 16.0. The molecule has 0 radical (unpaired) electrons. The number of nitrogens with zero attached hydrogens (tertiary/aromatic N) is 1. The van der Waals surface area contributed by atoms with Gasteiger partial charge in [0.2, 0.25) is 5.91 Å². The van der Waals surface area contributed by atoms with E-state index in [-0.39, 0.29) is 5.91 Å². The first-order valence-corrected chi connectivity index (χ1v) is 7.58. The number of benzene rings is 2. The zero-order valence-corrected chi connectivity index (χ0v) is 13.0. The van der Waals surface area contributed by atoms with Gasteiger partial charge >= 0.3 is 0 Å². The lowest BCUT2D eigenvalue weighted by molar-refractivity contribution is -0.124. The van der Waals surface area contributed by atoms with Crippen molar-refractivity contribution < 1.29 is 9.21 Å². The Morgan fingerprint density at radius 2 is 2.04 bits per heavy atom. The van der Waals surface area contributed by atoms with Crippen molar-refractivity contribution in [2.75, 3.05) is 10.6 Å². The molecule has 1 aliphatic heterocycles. The van der Waals surface area contributed by atoms with Crippen molar-refractivity contribution in [2.24, 2.45) is 5.41 Å². The number of oxazole rings is 1. The highest BCUT2D eigenvalue weighted by atomic mass is 16.4. The van der Waals surface area contributed by atoms with E-state index in [4.69, 9.17) is 4.42 Å².